The summed E-state index contributed by atoms with van der Waals surface area (Å²) in [6.07, 6.45) is 0.578. The highest BCUT2D eigenvalue weighted by Crippen LogP contribution is 2.12. The van der Waals surface area contributed by atoms with Gasteiger partial charge in [-0.2, -0.15) is 0 Å². The van der Waals surface area contributed by atoms with E-state index in [2.05, 4.69) is 40.5 Å². The van der Waals surface area contributed by atoms with Gasteiger partial charge in [0, 0.05) is 11.4 Å². The Labute approximate surface area is 144 Å². The molecule has 1 aliphatic rings. The van der Waals surface area contributed by atoms with E-state index in [0.717, 1.165) is 44.0 Å². The molecule has 0 saturated carbocycles. The number of amides is 1. The molecule has 126 valence electrons. The summed E-state index contributed by atoms with van der Waals surface area (Å²) in [5, 5.41) is 2.99. The molecule has 1 fully saturated rings. The smallest absolute Gasteiger partial charge is 0.230 e. The molecule has 0 aliphatic carbocycles. The number of hydrogen-bond acceptors (Lipinski definition) is 2. The predicted octanol–water partition coefficient (Wildman–Crippen LogP) is 1.73. The molecule has 4 heteroatoms. The lowest BCUT2D eigenvalue weighted by Crippen LogP contribution is -3.15. The van der Waals surface area contributed by atoms with Crippen LogP contribution in [-0.2, 0) is 4.79 Å². The molecule has 0 radical (unpaired) electrons. The van der Waals surface area contributed by atoms with Crippen molar-refractivity contribution in [3.8, 4) is 0 Å². The Hall–Kier alpha value is -2.33. The quantitative estimate of drug-likeness (QED) is 0.879. The molecule has 2 N–H and O–H groups in total. The molecule has 0 bridgehead atoms. The second-order valence-corrected chi connectivity index (χ2v) is 6.49. The summed E-state index contributed by atoms with van der Waals surface area (Å²) in [7, 11) is 0. The van der Waals surface area contributed by atoms with Gasteiger partial charge in [0.1, 0.15) is 0 Å². The minimum Gasteiger partial charge on any atom is -0.360 e. The number of piperazine rings is 1. The van der Waals surface area contributed by atoms with Crippen LogP contribution in [0.4, 0.5) is 11.4 Å². The summed E-state index contributed by atoms with van der Waals surface area (Å²) in [6.45, 7) is 7.23. The number of nitrogens with zero attached hydrogens (tertiary/aromatic N) is 1. The van der Waals surface area contributed by atoms with Gasteiger partial charge in [-0.3, -0.25) is 4.79 Å². The van der Waals surface area contributed by atoms with Crippen LogP contribution in [0.5, 0.6) is 0 Å². The van der Waals surface area contributed by atoms with Crippen LogP contribution in [-0.4, -0.2) is 38.6 Å². The van der Waals surface area contributed by atoms with Crippen molar-refractivity contribution < 1.29 is 9.69 Å². The first-order valence-electron chi connectivity index (χ1n) is 8.71. The fraction of sp³-hybridized carbons (Fsp3) is 0.350. The Kier molecular flexibility index (Phi) is 5.49. The first kappa shape index (κ1) is 16.5. The van der Waals surface area contributed by atoms with Crippen LogP contribution in [0, 0.1) is 6.92 Å². The molecule has 2 aromatic rings. The zero-order valence-corrected chi connectivity index (χ0v) is 14.3. The van der Waals surface area contributed by atoms with Gasteiger partial charge >= 0.3 is 0 Å². The van der Waals surface area contributed by atoms with E-state index in [0.29, 0.717) is 6.42 Å². The molecular formula is C20H26N3O+. The summed E-state index contributed by atoms with van der Waals surface area (Å²) in [5.41, 5.74) is 3.35. The van der Waals surface area contributed by atoms with E-state index in [1.165, 1.54) is 10.6 Å². The Morgan fingerprint density at radius 1 is 1.08 bits per heavy atom. The summed E-state index contributed by atoms with van der Waals surface area (Å²) in [5.74, 6) is 0.110. The van der Waals surface area contributed by atoms with Gasteiger partial charge in [0.05, 0.1) is 39.1 Å². The lowest BCUT2D eigenvalue weighted by atomic mass is 10.2. The fourth-order valence-electron chi connectivity index (χ4n) is 3.21. The maximum Gasteiger partial charge on any atom is 0.230 e. The van der Waals surface area contributed by atoms with Crippen LogP contribution in [0.1, 0.15) is 12.0 Å². The van der Waals surface area contributed by atoms with Crippen molar-refractivity contribution >= 4 is 17.3 Å². The van der Waals surface area contributed by atoms with E-state index in [1.807, 2.05) is 31.2 Å². The molecule has 0 atom stereocenters. The Morgan fingerprint density at radius 3 is 2.54 bits per heavy atom. The topological polar surface area (TPSA) is 36.8 Å². The maximum absolute atomic E-state index is 12.1. The standard InChI is InChI=1S/C20H25N3O/c1-17-6-5-7-18(16-17)21-20(24)10-11-22-12-14-23(15-13-22)19-8-3-2-4-9-19/h2-9,16H,10-15H2,1H3,(H,21,24)/p+1. The second-order valence-electron chi connectivity index (χ2n) is 6.49. The molecule has 1 heterocycles. The Bertz CT molecular complexity index is 664. The number of aryl methyl sites for hydroxylation is 1. The summed E-state index contributed by atoms with van der Waals surface area (Å²) in [6, 6.07) is 18.5. The molecule has 1 aliphatic heterocycles. The average Bonchev–Trinajstić information content (AvgIpc) is 2.61. The van der Waals surface area contributed by atoms with Gasteiger partial charge in [-0.1, -0.05) is 30.3 Å². The first-order chi connectivity index (χ1) is 11.7. The van der Waals surface area contributed by atoms with E-state index in [-0.39, 0.29) is 5.91 Å². The van der Waals surface area contributed by atoms with Crippen molar-refractivity contribution in [2.24, 2.45) is 0 Å². The monoisotopic (exact) mass is 324 g/mol. The number of rotatable bonds is 5. The first-order valence-corrected chi connectivity index (χ1v) is 8.71. The molecule has 0 aromatic heterocycles. The second kappa shape index (κ2) is 7.97. The molecule has 4 nitrogen and oxygen atoms in total. The molecule has 0 unspecified atom stereocenters. The lowest BCUT2D eigenvalue weighted by Gasteiger charge is -2.33. The van der Waals surface area contributed by atoms with E-state index in [4.69, 9.17) is 0 Å². The van der Waals surface area contributed by atoms with Crippen LogP contribution in [0.2, 0.25) is 0 Å². The number of anilines is 2. The third kappa shape index (κ3) is 4.59. The van der Waals surface area contributed by atoms with E-state index < -0.39 is 0 Å². The molecule has 2 aromatic carbocycles. The molecule has 1 amide bonds. The number of para-hydroxylation sites is 1. The lowest BCUT2D eigenvalue weighted by molar-refractivity contribution is -0.900. The SMILES string of the molecule is Cc1cccc(NC(=O)CC[NH+]2CCN(c3ccccc3)CC2)c1. The number of benzene rings is 2. The largest absolute Gasteiger partial charge is 0.360 e. The van der Waals surface area contributed by atoms with Crippen LogP contribution in [0.3, 0.4) is 0 Å². The van der Waals surface area contributed by atoms with Gasteiger partial charge in [-0.15, -0.1) is 0 Å². The summed E-state index contributed by atoms with van der Waals surface area (Å²) >= 11 is 0. The van der Waals surface area contributed by atoms with Crippen molar-refractivity contribution in [2.75, 3.05) is 42.9 Å². The van der Waals surface area contributed by atoms with Gasteiger partial charge in [-0.25, -0.2) is 0 Å². The summed E-state index contributed by atoms with van der Waals surface area (Å²) < 4.78 is 0. The minimum atomic E-state index is 0.110. The van der Waals surface area contributed by atoms with Crippen LogP contribution in [0.25, 0.3) is 0 Å². The van der Waals surface area contributed by atoms with Crippen molar-refractivity contribution in [1.82, 2.24) is 0 Å². The third-order valence-electron chi connectivity index (χ3n) is 4.60. The highest BCUT2D eigenvalue weighted by atomic mass is 16.1. The van der Waals surface area contributed by atoms with Crippen LogP contribution in [0.15, 0.2) is 54.6 Å². The van der Waals surface area contributed by atoms with Crippen molar-refractivity contribution in [2.45, 2.75) is 13.3 Å². The number of nitrogens with one attached hydrogen (secondary N) is 2. The Morgan fingerprint density at radius 2 is 1.83 bits per heavy atom. The number of hydrogen-bond donors (Lipinski definition) is 2. The number of quaternary nitrogens is 1. The van der Waals surface area contributed by atoms with Gasteiger partial charge in [0.15, 0.2) is 0 Å². The Balaban J connectivity index is 1.41. The minimum absolute atomic E-state index is 0.110. The van der Waals surface area contributed by atoms with Gasteiger partial charge in [0.2, 0.25) is 5.91 Å². The normalized spacial score (nSPS) is 15.3. The highest BCUT2D eigenvalue weighted by molar-refractivity contribution is 5.90. The molecule has 3 rings (SSSR count). The van der Waals surface area contributed by atoms with Crippen molar-refractivity contribution in [1.29, 1.82) is 0 Å². The number of carbonyl (C=O) groups is 1. The van der Waals surface area contributed by atoms with E-state index >= 15 is 0 Å². The highest BCUT2D eigenvalue weighted by Gasteiger charge is 2.20. The molecular weight excluding hydrogens is 298 g/mol. The summed E-state index contributed by atoms with van der Waals surface area (Å²) in [4.78, 5) is 16.1. The van der Waals surface area contributed by atoms with Crippen LogP contribution < -0.4 is 15.1 Å². The number of carbonyl (C=O) groups excluding carboxylic acids is 1. The van der Waals surface area contributed by atoms with Gasteiger partial charge < -0.3 is 15.1 Å². The van der Waals surface area contributed by atoms with E-state index in [1.54, 1.807) is 0 Å². The zero-order valence-electron chi connectivity index (χ0n) is 14.3. The fourth-order valence-corrected chi connectivity index (χ4v) is 3.21. The molecule has 0 spiro atoms. The van der Waals surface area contributed by atoms with Gasteiger partial charge in [0.25, 0.3) is 0 Å². The van der Waals surface area contributed by atoms with Gasteiger partial charge in [-0.05, 0) is 36.8 Å². The molecule has 1 saturated heterocycles. The van der Waals surface area contributed by atoms with E-state index in [9.17, 15) is 4.79 Å². The zero-order chi connectivity index (χ0) is 16.8. The third-order valence-corrected chi connectivity index (χ3v) is 4.60. The van der Waals surface area contributed by atoms with Crippen LogP contribution >= 0.6 is 0 Å². The maximum atomic E-state index is 12.1. The van der Waals surface area contributed by atoms with Crippen molar-refractivity contribution in [3.05, 3.63) is 60.2 Å². The predicted molar refractivity (Wildman–Crippen MR) is 98.6 cm³/mol. The van der Waals surface area contributed by atoms with Crippen molar-refractivity contribution in [3.63, 3.8) is 0 Å². The average molecular weight is 324 g/mol. The molecule has 24 heavy (non-hydrogen) atoms.